The van der Waals surface area contributed by atoms with Crippen molar-refractivity contribution in [1.29, 1.82) is 0 Å². The van der Waals surface area contributed by atoms with Crippen LogP contribution >= 0.6 is 0 Å². The van der Waals surface area contributed by atoms with E-state index in [1.807, 2.05) is 13.8 Å². The van der Waals surface area contributed by atoms with Gasteiger partial charge in [0.15, 0.2) is 0 Å². The first-order valence-corrected chi connectivity index (χ1v) is 6.35. The molecule has 2 N–H and O–H groups in total. The summed E-state index contributed by atoms with van der Waals surface area (Å²) in [4.78, 5) is 20.1. The highest BCUT2D eigenvalue weighted by Crippen LogP contribution is 2.32. The smallest absolute Gasteiger partial charge is 0.329 e. The molecule has 5 heteroatoms. The number of aliphatic carboxylic acids is 1. The molecule has 0 amide bonds. The molecule has 18 heavy (non-hydrogen) atoms. The number of aromatic nitrogens is 2. The van der Waals surface area contributed by atoms with E-state index in [0.717, 1.165) is 30.7 Å². The first kappa shape index (κ1) is 12.8. The minimum atomic E-state index is -0.870. The largest absolute Gasteiger partial charge is 0.480 e. The fraction of sp³-hybridized carbons (Fsp3) is 0.615. The van der Waals surface area contributed by atoms with Crippen molar-refractivity contribution in [3.05, 3.63) is 17.6 Å². The number of nitrogens with zero attached hydrogens (tertiary/aromatic N) is 2. The van der Waals surface area contributed by atoms with E-state index in [0.29, 0.717) is 18.7 Å². The molecule has 1 aromatic heterocycles. The summed E-state index contributed by atoms with van der Waals surface area (Å²) in [6, 6.07) is 0. The van der Waals surface area contributed by atoms with Gasteiger partial charge >= 0.3 is 5.97 Å². The molecular formula is C13H19N3O2. The van der Waals surface area contributed by atoms with E-state index in [2.05, 4.69) is 15.3 Å². The second-order valence-electron chi connectivity index (χ2n) is 5.02. The third kappa shape index (κ3) is 2.44. The summed E-state index contributed by atoms with van der Waals surface area (Å²) in [5.74, 6) is -0.191. The van der Waals surface area contributed by atoms with Crippen LogP contribution in [0.3, 0.4) is 0 Å². The minimum Gasteiger partial charge on any atom is -0.480 e. The van der Waals surface area contributed by atoms with Crippen LogP contribution in [0.5, 0.6) is 0 Å². The summed E-state index contributed by atoms with van der Waals surface area (Å²) in [5.41, 5.74) is 0.664. The number of carboxylic acids is 1. The molecule has 0 aromatic carbocycles. The molecular weight excluding hydrogens is 230 g/mol. The van der Waals surface area contributed by atoms with Crippen LogP contribution in [0.15, 0.2) is 6.20 Å². The van der Waals surface area contributed by atoms with Gasteiger partial charge in [0, 0.05) is 6.20 Å². The Kier molecular flexibility index (Phi) is 3.50. The van der Waals surface area contributed by atoms with Crippen LogP contribution in [-0.4, -0.2) is 26.6 Å². The predicted molar refractivity (Wildman–Crippen MR) is 68.6 cm³/mol. The predicted octanol–water partition coefficient (Wildman–Crippen LogP) is 2.29. The van der Waals surface area contributed by atoms with Gasteiger partial charge in [-0.1, -0.05) is 19.3 Å². The lowest BCUT2D eigenvalue weighted by molar-refractivity contribution is -0.143. The molecule has 0 bridgehead atoms. The number of carbonyl (C=O) groups is 1. The van der Waals surface area contributed by atoms with Gasteiger partial charge in [-0.3, -0.25) is 4.98 Å². The van der Waals surface area contributed by atoms with Gasteiger partial charge in [0.05, 0.1) is 11.4 Å². The van der Waals surface area contributed by atoms with Crippen LogP contribution in [0.25, 0.3) is 0 Å². The van der Waals surface area contributed by atoms with Gasteiger partial charge in [0.1, 0.15) is 11.4 Å². The van der Waals surface area contributed by atoms with Crippen molar-refractivity contribution >= 4 is 11.8 Å². The van der Waals surface area contributed by atoms with Crippen molar-refractivity contribution in [2.24, 2.45) is 0 Å². The minimum absolute atomic E-state index is 0.597. The number of aryl methyl sites for hydroxylation is 2. The maximum absolute atomic E-state index is 11.6. The Morgan fingerprint density at radius 1 is 1.33 bits per heavy atom. The SMILES string of the molecule is Cc1cnc(C)c(NC2(C(=O)O)CCCCC2)n1. The highest BCUT2D eigenvalue weighted by atomic mass is 16.4. The zero-order valence-corrected chi connectivity index (χ0v) is 10.9. The molecule has 2 rings (SSSR count). The lowest BCUT2D eigenvalue weighted by atomic mass is 9.81. The topological polar surface area (TPSA) is 75.1 Å². The van der Waals surface area contributed by atoms with Gasteiger partial charge in [-0.2, -0.15) is 0 Å². The molecule has 1 aliphatic carbocycles. The molecule has 0 unspecified atom stereocenters. The summed E-state index contributed by atoms with van der Waals surface area (Å²) in [6.45, 7) is 3.69. The lowest BCUT2D eigenvalue weighted by Crippen LogP contribution is -2.48. The van der Waals surface area contributed by atoms with E-state index in [4.69, 9.17) is 0 Å². The highest BCUT2D eigenvalue weighted by molar-refractivity contribution is 5.82. The fourth-order valence-corrected chi connectivity index (χ4v) is 2.43. The summed E-state index contributed by atoms with van der Waals surface area (Å²) in [6.07, 6.45) is 5.98. The van der Waals surface area contributed by atoms with E-state index < -0.39 is 11.5 Å². The molecule has 0 atom stereocenters. The molecule has 0 saturated heterocycles. The van der Waals surface area contributed by atoms with Crippen molar-refractivity contribution in [3.8, 4) is 0 Å². The monoisotopic (exact) mass is 249 g/mol. The van der Waals surface area contributed by atoms with E-state index in [1.165, 1.54) is 0 Å². The van der Waals surface area contributed by atoms with Gasteiger partial charge in [-0.25, -0.2) is 9.78 Å². The van der Waals surface area contributed by atoms with Crippen molar-refractivity contribution < 1.29 is 9.90 Å². The van der Waals surface area contributed by atoms with Crippen molar-refractivity contribution in [2.75, 3.05) is 5.32 Å². The third-order valence-corrected chi connectivity index (χ3v) is 3.55. The van der Waals surface area contributed by atoms with Crippen molar-refractivity contribution in [2.45, 2.75) is 51.5 Å². The summed E-state index contributed by atoms with van der Waals surface area (Å²) < 4.78 is 0. The summed E-state index contributed by atoms with van der Waals surface area (Å²) in [5, 5.41) is 12.6. The van der Waals surface area contributed by atoms with Crippen molar-refractivity contribution in [1.82, 2.24) is 9.97 Å². The van der Waals surface area contributed by atoms with Gasteiger partial charge in [-0.05, 0) is 26.7 Å². The molecule has 5 nitrogen and oxygen atoms in total. The molecule has 0 aliphatic heterocycles. The van der Waals surface area contributed by atoms with Gasteiger partial charge < -0.3 is 10.4 Å². The molecule has 1 fully saturated rings. The average Bonchev–Trinajstić information content (AvgIpc) is 2.35. The molecule has 0 spiro atoms. The van der Waals surface area contributed by atoms with Crippen LogP contribution < -0.4 is 5.32 Å². The van der Waals surface area contributed by atoms with E-state index >= 15 is 0 Å². The number of rotatable bonds is 3. The van der Waals surface area contributed by atoms with E-state index in [9.17, 15) is 9.90 Å². The zero-order valence-electron chi connectivity index (χ0n) is 10.9. The Bertz CT molecular complexity index is 454. The Labute approximate surface area is 107 Å². The molecule has 1 aliphatic rings. The van der Waals surface area contributed by atoms with Crippen molar-refractivity contribution in [3.63, 3.8) is 0 Å². The van der Waals surface area contributed by atoms with Crippen LogP contribution in [0.4, 0.5) is 5.82 Å². The highest BCUT2D eigenvalue weighted by Gasteiger charge is 2.40. The first-order valence-electron chi connectivity index (χ1n) is 6.35. The maximum Gasteiger partial charge on any atom is 0.329 e. The number of anilines is 1. The molecule has 1 saturated carbocycles. The third-order valence-electron chi connectivity index (χ3n) is 3.55. The maximum atomic E-state index is 11.6. The average molecular weight is 249 g/mol. The Hall–Kier alpha value is -1.65. The molecule has 1 heterocycles. The van der Waals surface area contributed by atoms with E-state index in [1.54, 1.807) is 6.20 Å². The quantitative estimate of drug-likeness (QED) is 0.859. The van der Waals surface area contributed by atoms with Gasteiger partial charge in [-0.15, -0.1) is 0 Å². The van der Waals surface area contributed by atoms with Gasteiger partial charge in [0.25, 0.3) is 0 Å². The number of carboxylic acid groups (broad SMARTS) is 1. The molecule has 1 aromatic rings. The zero-order chi connectivity index (χ0) is 13.2. The van der Waals surface area contributed by atoms with Crippen LogP contribution in [-0.2, 0) is 4.79 Å². The summed E-state index contributed by atoms with van der Waals surface area (Å²) >= 11 is 0. The number of hydrogen-bond donors (Lipinski definition) is 2. The van der Waals surface area contributed by atoms with Gasteiger partial charge in [0.2, 0.25) is 0 Å². The van der Waals surface area contributed by atoms with Crippen LogP contribution in [0.2, 0.25) is 0 Å². The number of nitrogens with one attached hydrogen (secondary N) is 1. The Balaban J connectivity index is 2.28. The molecule has 0 radical (unpaired) electrons. The Morgan fingerprint density at radius 3 is 2.61 bits per heavy atom. The van der Waals surface area contributed by atoms with Crippen LogP contribution in [0.1, 0.15) is 43.5 Å². The fourth-order valence-electron chi connectivity index (χ4n) is 2.43. The first-order chi connectivity index (χ1) is 8.53. The number of hydrogen-bond acceptors (Lipinski definition) is 4. The summed E-state index contributed by atoms with van der Waals surface area (Å²) in [7, 11) is 0. The normalized spacial score (nSPS) is 18.3. The van der Waals surface area contributed by atoms with E-state index in [-0.39, 0.29) is 0 Å². The lowest BCUT2D eigenvalue weighted by Gasteiger charge is -2.34. The second kappa shape index (κ2) is 4.92. The molecule has 98 valence electrons. The Morgan fingerprint density at radius 2 is 2.00 bits per heavy atom. The van der Waals surface area contributed by atoms with Crippen LogP contribution in [0, 0.1) is 13.8 Å². The standard InChI is InChI=1S/C13H19N3O2/c1-9-8-14-10(2)11(15-9)16-13(12(17)18)6-4-3-5-7-13/h8H,3-7H2,1-2H3,(H,15,16)(H,17,18). The second-order valence-corrected chi connectivity index (χ2v) is 5.02.